The molecule has 1 nitrogen and oxygen atoms in total. The molecule has 0 heterocycles. The second-order valence-corrected chi connectivity index (χ2v) is 9.79. The first-order valence-corrected chi connectivity index (χ1v) is 9.57. The molecule has 0 saturated heterocycles. The number of halogens is 3. The van der Waals surface area contributed by atoms with Crippen molar-refractivity contribution in [2.45, 2.75) is 44.6 Å². The first-order valence-electron chi connectivity index (χ1n) is 6.46. The normalized spacial score (nSPS) is 12.7. The summed E-state index contributed by atoms with van der Waals surface area (Å²) in [6.45, 7) is 4.34. The van der Waals surface area contributed by atoms with E-state index < -0.39 is 20.1 Å². The van der Waals surface area contributed by atoms with Gasteiger partial charge in [0.05, 0.1) is 5.56 Å². The minimum absolute atomic E-state index is 0.579. The highest BCUT2D eigenvalue weighted by molar-refractivity contribution is 6.71. The van der Waals surface area contributed by atoms with Gasteiger partial charge in [-0.1, -0.05) is 18.6 Å². The predicted octanol–water partition coefficient (Wildman–Crippen LogP) is 4.88. The van der Waals surface area contributed by atoms with Gasteiger partial charge in [0.2, 0.25) is 0 Å². The lowest BCUT2D eigenvalue weighted by molar-refractivity contribution is -0.137. The fraction of sp³-hybridized carbons (Fsp3) is 0.571. The molecule has 0 amide bonds. The minimum atomic E-state index is -4.24. The largest absolute Gasteiger partial charge is 0.420 e. The van der Waals surface area contributed by atoms with Gasteiger partial charge in [0.25, 0.3) is 0 Å². The van der Waals surface area contributed by atoms with Crippen LogP contribution in [0.25, 0.3) is 0 Å². The van der Waals surface area contributed by atoms with Crippen LogP contribution in [0.2, 0.25) is 19.1 Å². The highest BCUT2D eigenvalue weighted by atomic mass is 28.4. The van der Waals surface area contributed by atoms with Crippen LogP contribution in [0.3, 0.4) is 0 Å². The predicted molar refractivity (Wildman–Crippen MR) is 73.7 cm³/mol. The van der Waals surface area contributed by atoms with Crippen molar-refractivity contribution < 1.29 is 17.6 Å². The van der Waals surface area contributed by atoms with Crippen LogP contribution < -0.4 is 0 Å². The molecule has 1 aromatic rings. The van der Waals surface area contributed by atoms with Crippen molar-refractivity contribution in [3.05, 3.63) is 35.4 Å². The molecule has 0 spiro atoms. The van der Waals surface area contributed by atoms with Gasteiger partial charge in [-0.3, -0.25) is 0 Å². The van der Waals surface area contributed by atoms with Gasteiger partial charge in [-0.25, -0.2) is 0 Å². The third-order valence-electron chi connectivity index (χ3n) is 3.33. The number of hydrogen-bond acceptors (Lipinski definition) is 1. The molecule has 1 rings (SSSR count). The van der Waals surface area contributed by atoms with Gasteiger partial charge in [0.1, 0.15) is 0 Å². The fourth-order valence-electron chi connectivity index (χ4n) is 1.84. The summed E-state index contributed by atoms with van der Waals surface area (Å²) in [7, 11) is 0.254. The molecule has 1 aromatic carbocycles. The molecule has 0 fully saturated rings. The molecule has 0 atom stereocenters. The second-order valence-electron chi connectivity index (χ2n) is 5.37. The lowest BCUT2D eigenvalue weighted by atomic mass is 10.1. The molecule has 5 heteroatoms. The third-order valence-corrected chi connectivity index (χ3v) is 5.99. The van der Waals surface area contributed by atoms with Crippen molar-refractivity contribution in [2.75, 3.05) is 7.11 Å². The first-order chi connectivity index (χ1) is 8.74. The quantitative estimate of drug-likeness (QED) is 0.536. The van der Waals surface area contributed by atoms with E-state index in [9.17, 15) is 13.2 Å². The SMILES string of the molecule is CO[Si](C)(C)CCCCc1ccc(C(F)(F)F)cc1. The minimum Gasteiger partial charge on any atom is -0.420 e. The van der Waals surface area contributed by atoms with Crippen molar-refractivity contribution >= 4 is 8.32 Å². The smallest absolute Gasteiger partial charge is 0.416 e. The van der Waals surface area contributed by atoms with E-state index in [1.807, 2.05) is 0 Å². The van der Waals surface area contributed by atoms with Crippen LogP contribution in [-0.2, 0) is 17.0 Å². The van der Waals surface area contributed by atoms with E-state index in [0.717, 1.165) is 43.0 Å². The van der Waals surface area contributed by atoms with Gasteiger partial charge in [0.15, 0.2) is 8.32 Å². The molecular formula is C14H21F3OSi. The highest BCUT2D eigenvalue weighted by Crippen LogP contribution is 2.29. The number of rotatable bonds is 6. The number of hydrogen-bond donors (Lipinski definition) is 0. The summed E-state index contributed by atoms with van der Waals surface area (Å²) >= 11 is 0. The van der Waals surface area contributed by atoms with E-state index >= 15 is 0 Å². The lowest BCUT2D eigenvalue weighted by Crippen LogP contribution is -2.27. The van der Waals surface area contributed by atoms with E-state index in [0.29, 0.717) is 0 Å². The molecule has 0 radical (unpaired) electrons. The van der Waals surface area contributed by atoms with Crippen molar-refractivity contribution in [1.29, 1.82) is 0 Å². The van der Waals surface area contributed by atoms with Gasteiger partial charge in [0, 0.05) is 7.11 Å². The molecule has 0 bridgehead atoms. The fourth-order valence-corrected chi connectivity index (χ4v) is 3.15. The Morgan fingerprint density at radius 1 is 1.05 bits per heavy atom. The molecule has 19 heavy (non-hydrogen) atoms. The van der Waals surface area contributed by atoms with Crippen LogP contribution in [0.5, 0.6) is 0 Å². The van der Waals surface area contributed by atoms with Gasteiger partial charge < -0.3 is 4.43 Å². The summed E-state index contributed by atoms with van der Waals surface area (Å²) in [5.41, 5.74) is 0.383. The maximum absolute atomic E-state index is 12.4. The Morgan fingerprint density at radius 3 is 2.11 bits per heavy atom. The van der Waals surface area contributed by atoms with E-state index in [-0.39, 0.29) is 0 Å². The second kappa shape index (κ2) is 6.57. The standard InChI is InChI=1S/C14H21F3OSi/c1-18-19(2,3)11-5-4-6-12-7-9-13(10-8-12)14(15,16)17/h7-10H,4-6,11H2,1-3H3. The molecule has 0 unspecified atom stereocenters. The molecular weight excluding hydrogens is 269 g/mol. The monoisotopic (exact) mass is 290 g/mol. The van der Waals surface area contributed by atoms with E-state index in [1.54, 1.807) is 19.2 Å². The zero-order valence-electron chi connectivity index (χ0n) is 11.7. The summed E-state index contributed by atoms with van der Waals surface area (Å²) < 4.78 is 42.6. The molecule has 0 saturated carbocycles. The molecule has 108 valence electrons. The Kier molecular flexibility index (Phi) is 5.61. The van der Waals surface area contributed by atoms with Gasteiger partial charge in [-0.15, -0.1) is 0 Å². The van der Waals surface area contributed by atoms with Crippen molar-refractivity contribution in [2.24, 2.45) is 0 Å². The Balaban J connectivity index is 2.39. The number of unbranched alkanes of at least 4 members (excludes halogenated alkanes) is 1. The van der Waals surface area contributed by atoms with Crippen LogP contribution in [0.15, 0.2) is 24.3 Å². The Bertz CT molecular complexity index is 385. The van der Waals surface area contributed by atoms with Crippen molar-refractivity contribution in [3.8, 4) is 0 Å². The maximum atomic E-state index is 12.4. The highest BCUT2D eigenvalue weighted by Gasteiger charge is 2.29. The third kappa shape index (κ3) is 5.78. The maximum Gasteiger partial charge on any atom is 0.416 e. The van der Waals surface area contributed by atoms with E-state index in [1.165, 1.54) is 0 Å². The topological polar surface area (TPSA) is 9.23 Å². The molecule has 0 aromatic heterocycles. The Morgan fingerprint density at radius 2 is 1.63 bits per heavy atom. The Hall–Kier alpha value is -0.813. The van der Waals surface area contributed by atoms with Crippen LogP contribution in [0, 0.1) is 0 Å². The zero-order valence-corrected chi connectivity index (χ0v) is 12.7. The molecule has 0 aliphatic rings. The van der Waals surface area contributed by atoms with E-state index in [2.05, 4.69) is 13.1 Å². The van der Waals surface area contributed by atoms with E-state index in [4.69, 9.17) is 4.43 Å². The van der Waals surface area contributed by atoms with Crippen LogP contribution in [-0.4, -0.2) is 15.4 Å². The van der Waals surface area contributed by atoms with Gasteiger partial charge in [-0.2, -0.15) is 13.2 Å². The number of alkyl halides is 3. The van der Waals surface area contributed by atoms with Crippen LogP contribution in [0.4, 0.5) is 13.2 Å². The molecule has 0 aliphatic heterocycles. The lowest BCUT2D eigenvalue weighted by Gasteiger charge is -2.19. The summed E-state index contributed by atoms with van der Waals surface area (Å²) in [5, 5.41) is 0. The average Bonchev–Trinajstić information content (AvgIpc) is 2.34. The van der Waals surface area contributed by atoms with Crippen molar-refractivity contribution in [1.82, 2.24) is 0 Å². The summed E-state index contributed by atoms with van der Waals surface area (Å²) in [5.74, 6) is 0. The number of aryl methyl sites for hydroxylation is 1. The first kappa shape index (κ1) is 16.2. The van der Waals surface area contributed by atoms with Crippen LogP contribution in [0.1, 0.15) is 24.0 Å². The zero-order chi connectivity index (χ0) is 14.5. The number of benzene rings is 1. The summed E-state index contributed by atoms with van der Waals surface area (Å²) in [6.07, 6.45) is -1.36. The summed E-state index contributed by atoms with van der Waals surface area (Å²) in [6, 6.07) is 6.54. The Labute approximate surface area is 113 Å². The molecule has 0 N–H and O–H groups in total. The van der Waals surface area contributed by atoms with Crippen LogP contribution >= 0.6 is 0 Å². The molecule has 0 aliphatic carbocycles. The summed E-state index contributed by atoms with van der Waals surface area (Å²) in [4.78, 5) is 0. The van der Waals surface area contributed by atoms with Gasteiger partial charge in [-0.05, 0) is 49.7 Å². The van der Waals surface area contributed by atoms with Gasteiger partial charge >= 0.3 is 6.18 Å². The van der Waals surface area contributed by atoms with Crippen molar-refractivity contribution in [3.63, 3.8) is 0 Å². The average molecular weight is 290 g/mol.